The van der Waals surface area contributed by atoms with E-state index in [4.69, 9.17) is 4.74 Å². The topological polar surface area (TPSA) is 76.7 Å². The zero-order chi connectivity index (χ0) is 16.9. The quantitative estimate of drug-likeness (QED) is 0.889. The molecular weight excluding hydrogens is 317 g/mol. The molecule has 0 spiro atoms. The van der Waals surface area contributed by atoms with Crippen LogP contribution >= 0.6 is 0 Å². The van der Waals surface area contributed by atoms with Gasteiger partial charge >= 0.3 is 12.3 Å². The van der Waals surface area contributed by atoms with Gasteiger partial charge in [0.1, 0.15) is 6.10 Å². The van der Waals surface area contributed by atoms with Gasteiger partial charge in [-0.25, -0.2) is 4.79 Å². The van der Waals surface area contributed by atoms with Crippen molar-refractivity contribution in [3.8, 4) is 0 Å². The average molecular weight is 332 g/mol. The molecule has 1 aliphatic rings. The number of hydrogen-bond acceptors (Lipinski definition) is 4. The molecule has 2 rings (SSSR count). The van der Waals surface area contributed by atoms with Crippen molar-refractivity contribution in [3.05, 3.63) is 24.3 Å². The summed E-state index contributed by atoms with van der Waals surface area (Å²) in [5.74, 6) is -0.257. The number of anilines is 2. The Morgan fingerprint density at radius 2 is 1.78 bits per heavy atom. The predicted octanol–water partition coefficient (Wildman–Crippen LogP) is 2.91. The van der Waals surface area contributed by atoms with Crippen LogP contribution < -0.4 is 10.6 Å². The van der Waals surface area contributed by atoms with Crippen molar-refractivity contribution in [2.45, 2.75) is 25.1 Å². The minimum Gasteiger partial charge on any atom is -0.440 e. The van der Waals surface area contributed by atoms with E-state index >= 15 is 0 Å². The highest BCUT2D eigenvalue weighted by Gasteiger charge is 2.29. The SMILES string of the molecule is O=C(Nc1ccc(NC(=O)[C@@H]2CCCO2)cc1)OCC(F)(F)F. The molecule has 1 atom stereocenters. The van der Waals surface area contributed by atoms with Crippen LogP contribution in [0, 0.1) is 0 Å². The lowest BCUT2D eigenvalue weighted by Crippen LogP contribution is -2.26. The Bertz CT molecular complexity index is 554. The Hall–Kier alpha value is -2.29. The molecule has 1 fully saturated rings. The van der Waals surface area contributed by atoms with Gasteiger partial charge in [-0.05, 0) is 37.1 Å². The Labute approximate surface area is 129 Å². The van der Waals surface area contributed by atoms with Crippen molar-refractivity contribution in [2.75, 3.05) is 23.8 Å². The molecule has 1 aromatic carbocycles. The summed E-state index contributed by atoms with van der Waals surface area (Å²) in [6, 6.07) is 5.87. The number of benzene rings is 1. The smallest absolute Gasteiger partial charge is 0.422 e. The van der Waals surface area contributed by atoms with Gasteiger partial charge in [0.05, 0.1) is 0 Å². The van der Waals surface area contributed by atoms with Gasteiger partial charge in [0.15, 0.2) is 6.61 Å². The van der Waals surface area contributed by atoms with Gasteiger partial charge in [0.25, 0.3) is 5.91 Å². The third-order valence-electron chi connectivity index (χ3n) is 2.99. The first kappa shape index (κ1) is 17.1. The molecule has 0 unspecified atom stereocenters. The molecule has 9 heteroatoms. The minimum atomic E-state index is -4.58. The van der Waals surface area contributed by atoms with E-state index in [2.05, 4.69) is 15.4 Å². The molecule has 2 amide bonds. The van der Waals surface area contributed by atoms with Crippen molar-refractivity contribution >= 4 is 23.4 Å². The average Bonchev–Trinajstić information content (AvgIpc) is 3.01. The number of nitrogens with one attached hydrogen (secondary N) is 2. The lowest BCUT2D eigenvalue weighted by atomic mass is 10.2. The first-order valence-electron chi connectivity index (χ1n) is 6.86. The van der Waals surface area contributed by atoms with Crippen LogP contribution in [0.5, 0.6) is 0 Å². The molecule has 6 nitrogen and oxygen atoms in total. The maximum Gasteiger partial charge on any atom is 0.422 e. The summed E-state index contributed by atoms with van der Waals surface area (Å²) in [6.45, 7) is -1.10. The van der Waals surface area contributed by atoms with Crippen LogP contribution in [0.2, 0.25) is 0 Å². The molecule has 23 heavy (non-hydrogen) atoms. The fourth-order valence-electron chi connectivity index (χ4n) is 1.95. The summed E-state index contributed by atoms with van der Waals surface area (Å²) in [4.78, 5) is 23.0. The fourth-order valence-corrected chi connectivity index (χ4v) is 1.95. The monoisotopic (exact) mass is 332 g/mol. The van der Waals surface area contributed by atoms with Gasteiger partial charge in [-0.1, -0.05) is 0 Å². The van der Waals surface area contributed by atoms with Crippen molar-refractivity contribution in [1.29, 1.82) is 0 Å². The van der Waals surface area contributed by atoms with Crippen molar-refractivity contribution in [2.24, 2.45) is 0 Å². The molecule has 0 radical (unpaired) electrons. The zero-order valence-electron chi connectivity index (χ0n) is 12.0. The van der Waals surface area contributed by atoms with Gasteiger partial charge in [-0.15, -0.1) is 0 Å². The summed E-state index contributed by atoms with van der Waals surface area (Å²) < 4.78 is 45.0. The Morgan fingerprint density at radius 3 is 2.30 bits per heavy atom. The first-order valence-corrected chi connectivity index (χ1v) is 6.86. The van der Waals surface area contributed by atoms with E-state index in [0.717, 1.165) is 6.42 Å². The number of carbonyl (C=O) groups excluding carboxylic acids is 2. The third-order valence-corrected chi connectivity index (χ3v) is 2.99. The standard InChI is InChI=1S/C14H15F3N2O4/c15-14(16,17)8-23-13(21)19-10-5-3-9(4-6-10)18-12(20)11-2-1-7-22-11/h3-6,11H,1-2,7-8H2,(H,18,20)(H,19,21)/t11-/m0/s1. The maximum absolute atomic E-state index is 11.9. The highest BCUT2D eigenvalue weighted by Crippen LogP contribution is 2.18. The second-order valence-corrected chi connectivity index (χ2v) is 4.88. The summed E-state index contributed by atoms with van der Waals surface area (Å²) in [6.07, 6.45) is -4.76. The number of hydrogen-bond donors (Lipinski definition) is 2. The zero-order valence-corrected chi connectivity index (χ0v) is 12.0. The second-order valence-electron chi connectivity index (χ2n) is 4.88. The van der Waals surface area contributed by atoms with E-state index < -0.39 is 25.0 Å². The highest BCUT2D eigenvalue weighted by atomic mass is 19.4. The number of amides is 2. The summed E-state index contributed by atoms with van der Waals surface area (Å²) in [5, 5.41) is 4.80. The van der Waals surface area contributed by atoms with Gasteiger partial charge < -0.3 is 14.8 Å². The molecule has 1 saturated heterocycles. The number of carbonyl (C=O) groups is 2. The molecule has 0 aliphatic carbocycles. The van der Waals surface area contributed by atoms with Crippen LogP contribution in [0.15, 0.2) is 24.3 Å². The molecule has 0 aromatic heterocycles. The Morgan fingerprint density at radius 1 is 1.17 bits per heavy atom. The van der Waals surface area contributed by atoms with Gasteiger partial charge in [-0.3, -0.25) is 10.1 Å². The van der Waals surface area contributed by atoms with Crippen LogP contribution in [0.4, 0.5) is 29.3 Å². The predicted molar refractivity (Wildman–Crippen MR) is 75.1 cm³/mol. The van der Waals surface area contributed by atoms with Crippen LogP contribution in [0.3, 0.4) is 0 Å². The van der Waals surface area contributed by atoms with Crippen LogP contribution in [0.25, 0.3) is 0 Å². The lowest BCUT2D eigenvalue weighted by Gasteiger charge is -2.11. The highest BCUT2D eigenvalue weighted by molar-refractivity contribution is 5.94. The minimum absolute atomic E-state index is 0.243. The Balaban J connectivity index is 1.82. The van der Waals surface area contributed by atoms with E-state index in [1.807, 2.05) is 0 Å². The van der Waals surface area contributed by atoms with Crippen LogP contribution in [-0.2, 0) is 14.3 Å². The summed E-state index contributed by atoms with van der Waals surface area (Å²) in [5.41, 5.74) is 0.729. The maximum atomic E-state index is 11.9. The molecular formula is C14H15F3N2O4. The van der Waals surface area contributed by atoms with Gasteiger partial charge in [0, 0.05) is 18.0 Å². The number of rotatable bonds is 4. The molecule has 126 valence electrons. The summed E-state index contributed by atoms with van der Waals surface area (Å²) in [7, 11) is 0. The van der Waals surface area contributed by atoms with E-state index in [-0.39, 0.29) is 11.6 Å². The molecule has 0 bridgehead atoms. The fraction of sp³-hybridized carbons (Fsp3) is 0.429. The second kappa shape index (κ2) is 7.32. The lowest BCUT2D eigenvalue weighted by molar-refractivity contribution is -0.159. The normalized spacial score (nSPS) is 17.6. The van der Waals surface area contributed by atoms with Gasteiger partial charge in [-0.2, -0.15) is 13.2 Å². The van der Waals surface area contributed by atoms with E-state index in [1.165, 1.54) is 24.3 Å². The molecule has 2 N–H and O–H groups in total. The number of halogens is 3. The number of ether oxygens (including phenoxy) is 2. The van der Waals surface area contributed by atoms with Crippen molar-refractivity contribution in [3.63, 3.8) is 0 Å². The molecule has 1 heterocycles. The molecule has 1 aromatic rings. The largest absolute Gasteiger partial charge is 0.440 e. The number of alkyl halides is 3. The van der Waals surface area contributed by atoms with Crippen LogP contribution in [0.1, 0.15) is 12.8 Å². The molecule has 0 saturated carbocycles. The van der Waals surface area contributed by atoms with E-state index in [9.17, 15) is 22.8 Å². The Kier molecular flexibility index (Phi) is 5.43. The summed E-state index contributed by atoms with van der Waals surface area (Å²) >= 11 is 0. The molecule has 1 aliphatic heterocycles. The van der Waals surface area contributed by atoms with Crippen molar-refractivity contribution < 1.29 is 32.2 Å². The first-order chi connectivity index (χ1) is 10.8. The third kappa shape index (κ3) is 5.78. The van der Waals surface area contributed by atoms with Gasteiger partial charge in [0.2, 0.25) is 0 Å². The van der Waals surface area contributed by atoms with E-state index in [1.54, 1.807) is 0 Å². The van der Waals surface area contributed by atoms with Crippen LogP contribution in [-0.4, -0.2) is 37.5 Å². The van der Waals surface area contributed by atoms with E-state index in [0.29, 0.717) is 18.7 Å². The van der Waals surface area contributed by atoms with Crippen molar-refractivity contribution in [1.82, 2.24) is 0 Å².